The molecule has 0 bridgehead atoms. The van der Waals surface area contributed by atoms with Crippen molar-refractivity contribution in [2.75, 3.05) is 6.61 Å². The number of carbonyl (C=O) groups excluding carboxylic acids is 2. The maximum absolute atomic E-state index is 11.2. The third-order valence-corrected chi connectivity index (χ3v) is 2.33. The Morgan fingerprint density at radius 1 is 1.33 bits per heavy atom. The average Bonchev–Trinajstić information content (AvgIpc) is 2.29. The van der Waals surface area contributed by atoms with Crippen LogP contribution < -0.4 is 0 Å². The highest BCUT2D eigenvalue weighted by Crippen LogP contribution is 2.27. The first-order valence-electron chi connectivity index (χ1n) is 5.04. The van der Waals surface area contributed by atoms with Crippen LogP contribution in [0.1, 0.15) is 13.3 Å². The minimum atomic E-state index is -2.42. The maximum atomic E-state index is 11.2. The molecule has 0 aromatic heterocycles. The normalized spacial score (nSPS) is 35.9. The van der Waals surface area contributed by atoms with Gasteiger partial charge in [0.05, 0.1) is 6.61 Å². The van der Waals surface area contributed by atoms with Crippen molar-refractivity contribution in [2.24, 2.45) is 0 Å². The molecule has 1 aliphatic heterocycles. The Kier molecular flexibility index (Phi) is 4.59. The van der Waals surface area contributed by atoms with E-state index in [-0.39, 0.29) is 0 Å². The fraction of sp³-hybridized carbons (Fsp3) is 0.778. The summed E-state index contributed by atoms with van der Waals surface area (Å²) >= 11 is 0. The maximum Gasteiger partial charge on any atom is 0.361 e. The Balaban J connectivity index is 2.58. The van der Waals surface area contributed by atoms with Crippen molar-refractivity contribution >= 4 is 11.9 Å². The van der Waals surface area contributed by atoms with E-state index in [9.17, 15) is 24.9 Å². The van der Waals surface area contributed by atoms with Crippen LogP contribution in [0.25, 0.3) is 0 Å². The highest BCUT2D eigenvalue weighted by Gasteiger charge is 2.50. The molecule has 0 aromatic carbocycles. The molecular weight excluding hydrogens is 252 g/mol. The van der Waals surface area contributed by atoms with E-state index in [1.165, 1.54) is 0 Å². The minimum Gasteiger partial charge on any atom is -0.388 e. The third kappa shape index (κ3) is 3.37. The summed E-state index contributed by atoms with van der Waals surface area (Å²) in [5, 5.41) is 37.8. The van der Waals surface area contributed by atoms with E-state index in [1.807, 2.05) is 0 Å². The van der Waals surface area contributed by atoms with Crippen molar-refractivity contribution in [2.45, 2.75) is 37.4 Å². The Bertz CT molecular complexity index is 330. The number of rotatable bonds is 2. The number of aliphatic hydroxyl groups excluding tert-OH is 3. The first kappa shape index (κ1) is 14.8. The first-order valence-corrected chi connectivity index (χ1v) is 5.04. The standard InChI is InChI=1S/C9H14O9/c1-4(10)17-18-6(12)2-9(15)8(14)7(13)5(11)3-16-9/h5,7-8,11,13-15H,2-3H2,1H3/t5-,7+,8-,9?/m1/s1. The van der Waals surface area contributed by atoms with Gasteiger partial charge in [0.25, 0.3) is 0 Å². The first-order chi connectivity index (χ1) is 8.26. The van der Waals surface area contributed by atoms with Crippen LogP contribution in [0.3, 0.4) is 0 Å². The van der Waals surface area contributed by atoms with Crippen LogP contribution in [0.15, 0.2) is 0 Å². The molecular formula is C9H14O9. The molecule has 1 fully saturated rings. The van der Waals surface area contributed by atoms with Gasteiger partial charge in [-0.2, -0.15) is 0 Å². The molecule has 0 radical (unpaired) electrons. The molecule has 0 aliphatic carbocycles. The summed E-state index contributed by atoms with van der Waals surface area (Å²) in [7, 11) is 0. The number of ether oxygens (including phenoxy) is 1. The fourth-order valence-electron chi connectivity index (χ4n) is 1.39. The smallest absolute Gasteiger partial charge is 0.361 e. The van der Waals surface area contributed by atoms with E-state index in [0.29, 0.717) is 0 Å². The number of carbonyl (C=O) groups is 2. The summed E-state index contributed by atoms with van der Waals surface area (Å²) in [6.45, 7) is 0.517. The van der Waals surface area contributed by atoms with Crippen LogP contribution in [0.2, 0.25) is 0 Å². The molecule has 0 saturated carbocycles. The molecule has 18 heavy (non-hydrogen) atoms. The molecule has 9 nitrogen and oxygen atoms in total. The number of aliphatic hydroxyl groups is 4. The van der Waals surface area contributed by atoms with Crippen LogP contribution in [-0.4, -0.2) is 63.1 Å². The molecule has 1 saturated heterocycles. The van der Waals surface area contributed by atoms with Gasteiger partial charge in [-0.3, -0.25) is 0 Å². The van der Waals surface area contributed by atoms with Crippen LogP contribution in [0, 0.1) is 0 Å². The molecule has 4 N–H and O–H groups in total. The van der Waals surface area contributed by atoms with Crippen molar-refractivity contribution in [1.29, 1.82) is 0 Å². The zero-order chi connectivity index (χ0) is 13.9. The largest absolute Gasteiger partial charge is 0.388 e. The second-order valence-electron chi connectivity index (χ2n) is 3.87. The van der Waals surface area contributed by atoms with Gasteiger partial charge in [-0.1, -0.05) is 0 Å². The van der Waals surface area contributed by atoms with Gasteiger partial charge in [-0.25, -0.2) is 19.4 Å². The van der Waals surface area contributed by atoms with Crippen LogP contribution in [-0.2, 0) is 24.1 Å². The molecule has 9 heteroatoms. The summed E-state index contributed by atoms with van der Waals surface area (Å²) in [5.41, 5.74) is 0. The lowest BCUT2D eigenvalue weighted by molar-refractivity contribution is -0.327. The highest BCUT2D eigenvalue weighted by atomic mass is 17.2. The number of hydrogen-bond donors (Lipinski definition) is 4. The third-order valence-electron chi connectivity index (χ3n) is 2.33. The Labute approximate surface area is 101 Å². The van der Waals surface area contributed by atoms with E-state index in [1.54, 1.807) is 0 Å². The second kappa shape index (κ2) is 5.59. The van der Waals surface area contributed by atoms with Crippen molar-refractivity contribution < 1.29 is 44.5 Å². The highest BCUT2D eigenvalue weighted by molar-refractivity contribution is 5.72. The summed E-state index contributed by atoms with van der Waals surface area (Å²) in [4.78, 5) is 29.4. The topological polar surface area (TPSA) is 143 Å². The zero-order valence-electron chi connectivity index (χ0n) is 9.48. The molecule has 104 valence electrons. The molecule has 0 aromatic rings. The number of hydrogen-bond acceptors (Lipinski definition) is 9. The quantitative estimate of drug-likeness (QED) is 0.308. The van der Waals surface area contributed by atoms with E-state index in [0.717, 1.165) is 6.92 Å². The SMILES string of the molecule is CC(=O)OOC(=O)CC1(O)OC[C@@H](O)[C@H](O)[C@H]1O. The zero-order valence-corrected chi connectivity index (χ0v) is 9.48. The van der Waals surface area contributed by atoms with Gasteiger partial charge >= 0.3 is 11.9 Å². The monoisotopic (exact) mass is 266 g/mol. The van der Waals surface area contributed by atoms with E-state index in [2.05, 4.69) is 9.78 Å². The van der Waals surface area contributed by atoms with Crippen molar-refractivity contribution in [3.63, 3.8) is 0 Å². The fourth-order valence-corrected chi connectivity index (χ4v) is 1.39. The Morgan fingerprint density at radius 3 is 2.50 bits per heavy atom. The van der Waals surface area contributed by atoms with Crippen LogP contribution >= 0.6 is 0 Å². The molecule has 1 aliphatic rings. The van der Waals surface area contributed by atoms with Crippen molar-refractivity contribution in [3.8, 4) is 0 Å². The van der Waals surface area contributed by atoms with Crippen LogP contribution in [0.4, 0.5) is 0 Å². The van der Waals surface area contributed by atoms with Crippen molar-refractivity contribution in [3.05, 3.63) is 0 Å². The summed E-state index contributed by atoms with van der Waals surface area (Å²) < 4.78 is 4.69. The second-order valence-corrected chi connectivity index (χ2v) is 3.87. The average molecular weight is 266 g/mol. The van der Waals surface area contributed by atoms with Gasteiger partial charge < -0.3 is 25.2 Å². The Hall–Kier alpha value is -1.26. The van der Waals surface area contributed by atoms with Gasteiger partial charge in [-0.15, -0.1) is 0 Å². The van der Waals surface area contributed by atoms with Gasteiger partial charge in [0.1, 0.15) is 24.7 Å². The van der Waals surface area contributed by atoms with Gasteiger partial charge in [0.15, 0.2) is 0 Å². The van der Waals surface area contributed by atoms with E-state index < -0.39 is 49.1 Å². The van der Waals surface area contributed by atoms with Crippen molar-refractivity contribution in [1.82, 2.24) is 0 Å². The molecule has 0 spiro atoms. The van der Waals surface area contributed by atoms with Gasteiger partial charge in [0.2, 0.25) is 5.79 Å². The molecule has 0 amide bonds. The summed E-state index contributed by atoms with van der Waals surface area (Å²) in [5.74, 6) is -4.48. The molecule has 4 atom stereocenters. The predicted octanol–water partition coefficient (Wildman–Crippen LogP) is -2.80. The summed E-state index contributed by atoms with van der Waals surface area (Å²) in [6, 6.07) is 0. The lowest BCUT2D eigenvalue weighted by Gasteiger charge is -2.40. The lowest BCUT2D eigenvalue weighted by atomic mass is 9.94. The Morgan fingerprint density at radius 2 is 1.94 bits per heavy atom. The molecule has 1 heterocycles. The van der Waals surface area contributed by atoms with E-state index >= 15 is 0 Å². The summed E-state index contributed by atoms with van der Waals surface area (Å²) in [6.07, 6.45) is -5.85. The van der Waals surface area contributed by atoms with E-state index in [4.69, 9.17) is 9.84 Å². The van der Waals surface area contributed by atoms with Crippen LogP contribution in [0.5, 0.6) is 0 Å². The van der Waals surface area contributed by atoms with Gasteiger partial charge in [-0.05, 0) is 0 Å². The lowest BCUT2D eigenvalue weighted by Crippen LogP contribution is -2.61. The van der Waals surface area contributed by atoms with Gasteiger partial charge in [0, 0.05) is 6.92 Å². The predicted molar refractivity (Wildman–Crippen MR) is 51.4 cm³/mol. The minimum absolute atomic E-state index is 0.477. The molecule has 1 unspecified atom stereocenters. The molecule has 1 rings (SSSR count).